The van der Waals surface area contributed by atoms with Crippen LogP contribution in [0.3, 0.4) is 0 Å². The van der Waals surface area contributed by atoms with Crippen molar-refractivity contribution in [1.29, 1.82) is 0 Å². The molecule has 0 aliphatic carbocycles. The van der Waals surface area contributed by atoms with Gasteiger partial charge in [-0.25, -0.2) is 4.79 Å². The zero-order valence-corrected chi connectivity index (χ0v) is 15.4. The van der Waals surface area contributed by atoms with Gasteiger partial charge in [-0.3, -0.25) is 0 Å². The highest BCUT2D eigenvalue weighted by Gasteiger charge is 2.33. The molecule has 1 heterocycles. The average Bonchev–Trinajstić information content (AvgIpc) is 2.70. The van der Waals surface area contributed by atoms with Gasteiger partial charge in [0.15, 0.2) is 0 Å². The van der Waals surface area contributed by atoms with E-state index in [4.69, 9.17) is 32.7 Å². The van der Waals surface area contributed by atoms with Gasteiger partial charge in [-0.2, -0.15) is 0 Å². The molecule has 1 fully saturated rings. The first-order valence-corrected chi connectivity index (χ1v) is 8.46. The Kier molecular flexibility index (Phi) is 6.12. The fraction of sp³-hybridized carbons (Fsp3) is 0.529. The average molecular weight is 374 g/mol. The van der Waals surface area contributed by atoms with Crippen molar-refractivity contribution in [2.24, 2.45) is 0 Å². The van der Waals surface area contributed by atoms with Crippen molar-refractivity contribution in [3.05, 3.63) is 33.8 Å². The van der Waals surface area contributed by atoms with E-state index in [2.05, 4.69) is 0 Å². The number of benzene rings is 1. The summed E-state index contributed by atoms with van der Waals surface area (Å²) in [7, 11) is 0. The van der Waals surface area contributed by atoms with Crippen LogP contribution in [0.25, 0.3) is 0 Å². The minimum absolute atomic E-state index is 0.264. The Morgan fingerprint density at radius 3 is 2.62 bits per heavy atom. The number of halogens is 2. The maximum Gasteiger partial charge on any atom is 0.410 e. The molecule has 0 radical (unpaired) electrons. The normalized spacial score (nSPS) is 22.0. The third kappa shape index (κ3) is 4.85. The van der Waals surface area contributed by atoms with Crippen molar-refractivity contribution >= 4 is 35.6 Å². The van der Waals surface area contributed by atoms with Crippen LogP contribution in [-0.2, 0) is 14.3 Å². The van der Waals surface area contributed by atoms with Crippen LogP contribution in [0.5, 0.6) is 0 Å². The van der Waals surface area contributed by atoms with Gasteiger partial charge in [0.2, 0.25) is 0 Å². The van der Waals surface area contributed by atoms with Crippen LogP contribution >= 0.6 is 23.2 Å². The molecule has 1 aliphatic heterocycles. The maximum atomic E-state index is 12.4. The third-order valence-electron chi connectivity index (χ3n) is 3.64. The summed E-state index contributed by atoms with van der Waals surface area (Å²) >= 11 is 12.0. The van der Waals surface area contributed by atoms with E-state index in [0.29, 0.717) is 23.1 Å². The van der Waals surface area contributed by atoms with Crippen molar-refractivity contribution in [1.82, 2.24) is 4.90 Å². The first-order chi connectivity index (χ1) is 11.2. The van der Waals surface area contributed by atoms with E-state index in [9.17, 15) is 9.59 Å². The SMILES string of the molecule is CC(C)(C)OC(=O)N1CCO[C@@H](C=O)[C@H](c2ccc(Cl)c(Cl)c2)C1. The fourth-order valence-electron chi connectivity index (χ4n) is 2.51. The highest BCUT2D eigenvalue weighted by Crippen LogP contribution is 2.30. The molecule has 1 aromatic rings. The molecule has 1 aromatic carbocycles. The van der Waals surface area contributed by atoms with Crippen molar-refractivity contribution < 1.29 is 19.1 Å². The molecule has 7 heteroatoms. The minimum atomic E-state index is -0.658. The second-order valence-electron chi connectivity index (χ2n) is 6.68. The van der Waals surface area contributed by atoms with Gasteiger partial charge in [-0.1, -0.05) is 29.3 Å². The van der Waals surface area contributed by atoms with Gasteiger partial charge < -0.3 is 19.2 Å². The molecule has 0 aromatic heterocycles. The predicted octanol–water partition coefficient (Wildman–Crippen LogP) is 3.91. The number of nitrogens with zero attached hydrogens (tertiary/aromatic N) is 1. The molecule has 2 rings (SSSR count). The van der Waals surface area contributed by atoms with E-state index >= 15 is 0 Å². The highest BCUT2D eigenvalue weighted by molar-refractivity contribution is 6.42. The molecule has 0 N–H and O–H groups in total. The molecule has 24 heavy (non-hydrogen) atoms. The molecule has 0 spiro atoms. The van der Waals surface area contributed by atoms with Crippen LogP contribution in [0.2, 0.25) is 10.0 Å². The number of rotatable bonds is 2. The molecule has 2 atom stereocenters. The molecule has 5 nitrogen and oxygen atoms in total. The summed E-state index contributed by atoms with van der Waals surface area (Å²) < 4.78 is 11.0. The Morgan fingerprint density at radius 1 is 1.33 bits per heavy atom. The van der Waals surface area contributed by atoms with Gasteiger partial charge in [-0.15, -0.1) is 0 Å². The van der Waals surface area contributed by atoms with Crippen LogP contribution in [0.4, 0.5) is 4.79 Å². The lowest BCUT2D eigenvalue weighted by Gasteiger charge is -2.28. The van der Waals surface area contributed by atoms with Gasteiger partial charge in [0, 0.05) is 19.0 Å². The number of hydrogen-bond acceptors (Lipinski definition) is 4. The molecule has 0 unspecified atom stereocenters. The molecule has 0 saturated carbocycles. The van der Waals surface area contributed by atoms with Gasteiger partial charge >= 0.3 is 6.09 Å². The van der Waals surface area contributed by atoms with E-state index in [1.165, 1.54) is 0 Å². The van der Waals surface area contributed by atoms with Gasteiger partial charge in [0.1, 0.15) is 18.0 Å². The molecule has 1 aliphatic rings. The van der Waals surface area contributed by atoms with E-state index in [0.717, 1.165) is 11.8 Å². The molecule has 0 bridgehead atoms. The van der Waals surface area contributed by atoms with Crippen molar-refractivity contribution in [3.8, 4) is 0 Å². The van der Waals surface area contributed by atoms with Crippen molar-refractivity contribution in [3.63, 3.8) is 0 Å². The molecule has 1 saturated heterocycles. The van der Waals surface area contributed by atoms with Gasteiger partial charge in [0.05, 0.1) is 16.7 Å². The summed E-state index contributed by atoms with van der Waals surface area (Å²) in [5.74, 6) is -0.340. The molecule has 1 amide bonds. The van der Waals surface area contributed by atoms with Crippen molar-refractivity contribution in [2.75, 3.05) is 19.7 Å². The smallest absolute Gasteiger partial charge is 0.410 e. The summed E-state index contributed by atoms with van der Waals surface area (Å²) in [5.41, 5.74) is 0.199. The number of amides is 1. The Balaban J connectivity index is 2.26. The quantitative estimate of drug-likeness (QED) is 0.737. The largest absolute Gasteiger partial charge is 0.444 e. The lowest BCUT2D eigenvalue weighted by atomic mass is 9.93. The Labute approximate surface area is 151 Å². The van der Waals surface area contributed by atoms with Crippen LogP contribution in [0.1, 0.15) is 32.3 Å². The number of carbonyl (C=O) groups is 2. The van der Waals surface area contributed by atoms with Gasteiger partial charge in [-0.05, 0) is 38.5 Å². The van der Waals surface area contributed by atoms with E-state index in [1.54, 1.807) is 23.1 Å². The predicted molar refractivity (Wildman–Crippen MR) is 92.8 cm³/mol. The van der Waals surface area contributed by atoms with E-state index in [1.807, 2.05) is 20.8 Å². The summed E-state index contributed by atoms with van der Waals surface area (Å²) in [4.78, 5) is 25.4. The number of aldehydes is 1. The van der Waals surface area contributed by atoms with Crippen LogP contribution in [0, 0.1) is 0 Å². The summed E-state index contributed by atoms with van der Waals surface area (Å²) in [6, 6.07) is 5.16. The van der Waals surface area contributed by atoms with Gasteiger partial charge in [0.25, 0.3) is 0 Å². The Hall–Kier alpha value is -1.30. The number of carbonyl (C=O) groups excluding carboxylic acids is 2. The van der Waals surface area contributed by atoms with Crippen LogP contribution < -0.4 is 0 Å². The second-order valence-corrected chi connectivity index (χ2v) is 7.49. The molecule has 132 valence electrons. The third-order valence-corrected chi connectivity index (χ3v) is 4.38. The highest BCUT2D eigenvalue weighted by atomic mass is 35.5. The lowest BCUT2D eigenvalue weighted by Crippen LogP contribution is -2.40. The maximum absolute atomic E-state index is 12.4. The van der Waals surface area contributed by atoms with Crippen LogP contribution in [-0.4, -0.2) is 48.7 Å². The molecular formula is C17H21Cl2NO4. The number of hydrogen-bond donors (Lipinski definition) is 0. The first-order valence-electron chi connectivity index (χ1n) is 7.71. The van der Waals surface area contributed by atoms with E-state index in [-0.39, 0.29) is 12.5 Å². The topological polar surface area (TPSA) is 55.8 Å². The Bertz CT molecular complexity index is 615. The second kappa shape index (κ2) is 7.72. The monoisotopic (exact) mass is 373 g/mol. The summed E-state index contributed by atoms with van der Waals surface area (Å²) in [6.45, 7) is 6.35. The molecular weight excluding hydrogens is 353 g/mol. The standard InChI is InChI=1S/C17H21Cl2NO4/c1-17(2,3)24-16(22)20-6-7-23-15(10-21)12(9-20)11-4-5-13(18)14(19)8-11/h4-5,8,10,12,15H,6-7,9H2,1-3H3/t12-,15-/m0/s1. The van der Waals surface area contributed by atoms with Crippen LogP contribution in [0.15, 0.2) is 18.2 Å². The lowest BCUT2D eigenvalue weighted by molar-refractivity contribution is -0.118. The van der Waals surface area contributed by atoms with E-state index < -0.39 is 17.8 Å². The first kappa shape index (κ1) is 19.0. The number of ether oxygens (including phenoxy) is 2. The Morgan fingerprint density at radius 2 is 2.04 bits per heavy atom. The summed E-state index contributed by atoms with van der Waals surface area (Å²) in [5, 5.41) is 0.827. The fourth-order valence-corrected chi connectivity index (χ4v) is 2.82. The zero-order chi connectivity index (χ0) is 17.9. The zero-order valence-electron chi connectivity index (χ0n) is 13.9. The van der Waals surface area contributed by atoms with Crippen molar-refractivity contribution in [2.45, 2.75) is 38.4 Å². The minimum Gasteiger partial charge on any atom is -0.444 e. The summed E-state index contributed by atoms with van der Waals surface area (Å²) in [6.07, 6.45) is -0.330.